The number of hydrogen-bond donors (Lipinski definition) is 2. The fraction of sp³-hybridized carbons (Fsp3) is 0.435. The molecule has 1 fully saturated rings. The fourth-order valence-corrected chi connectivity index (χ4v) is 3.36. The fourth-order valence-electron chi connectivity index (χ4n) is 3.36. The van der Waals surface area contributed by atoms with E-state index in [1.807, 2.05) is 31.2 Å². The van der Waals surface area contributed by atoms with Crippen LogP contribution in [0.15, 0.2) is 48.5 Å². The number of para-hydroxylation sites is 1. The molecule has 0 aromatic heterocycles. The number of hydrogen-bond acceptors (Lipinski definition) is 4. The lowest BCUT2D eigenvalue weighted by atomic mass is 10.1. The van der Waals surface area contributed by atoms with E-state index in [0.29, 0.717) is 19.8 Å². The molecule has 156 valence electrons. The molecule has 3 rings (SSSR count). The first kappa shape index (κ1) is 21.3. The summed E-state index contributed by atoms with van der Waals surface area (Å²) in [6.07, 6.45) is 0. The van der Waals surface area contributed by atoms with Crippen LogP contribution in [-0.2, 0) is 24.4 Å². The van der Waals surface area contributed by atoms with Gasteiger partial charge in [0.1, 0.15) is 0 Å². The first-order chi connectivity index (χ1) is 14.1. The summed E-state index contributed by atoms with van der Waals surface area (Å²) < 4.78 is 5.46. The van der Waals surface area contributed by atoms with E-state index in [-0.39, 0.29) is 6.03 Å². The van der Waals surface area contributed by atoms with Crippen LogP contribution >= 0.6 is 0 Å². The standard InChI is InChI=1S/C23H32N4O2/c1-3-29-18-21-6-4-5-7-22(21)25-23(28)24-16-19-8-10-20(11-9-19)17-27-14-12-26(2)13-15-27/h4-11H,3,12-18H2,1-2H3,(H2,24,25,28). The van der Waals surface area contributed by atoms with Crippen LogP contribution in [0.1, 0.15) is 23.6 Å². The van der Waals surface area contributed by atoms with E-state index >= 15 is 0 Å². The van der Waals surface area contributed by atoms with Crippen molar-refractivity contribution in [2.24, 2.45) is 0 Å². The summed E-state index contributed by atoms with van der Waals surface area (Å²) in [6.45, 7) is 9.06. The third-order valence-corrected chi connectivity index (χ3v) is 5.21. The summed E-state index contributed by atoms with van der Waals surface area (Å²) in [5, 5.41) is 5.85. The highest BCUT2D eigenvalue weighted by atomic mass is 16.5. The molecule has 0 bridgehead atoms. The average molecular weight is 397 g/mol. The molecule has 0 saturated carbocycles. The Kier molecular flexibility index (Phi) is 8.04. The third-order valence-electron chi connectivity index (χ3n) is 5.21. The predicted molar refractivity (Wildman–Crippen MR) is 117 cm³/mol. The summed E-state index contributed by atoms with van der Waals surface area (Å²) in [7, 11) is 2.17. The number of carbonyl (C=O) groups is 1. The monoisotopic (exact) mass is 396 g/mol. The molecule has 2 amide bonds. The highest BCUT2D eigenvalue weighted by Crippen LogP contribution is 2.16. The Labute approximate surface area is 173 Å². The van der Waals surface area contributed by atoms with Crippen LogP contribution in [0.4, 0.5) is 10.5 Å². The van der Waals surface area contributed by atoms with Crippen molar-refractivity contribution in [3.05, 3.63) is 65.2 Å². The van der Waals surface area contributed by atoms with Crippen molar-refractivity contribution in [1.29, 1.82) is 0 Å². The topological polar surface area (TPSA) is 56.8 Å². The molecule has 29 heavy (non-hydrogen) atoms. The van der Waals surface area contributed by atoms with Crippen molar-refractivity contribution in [3.8, 4) is 0 Å². The van der Waals surface area contributed by atoms with Gasteiger partial charge in [0.05, 0.1) is 6.61 Å². The van der Waals surface area contributed by atoms with E-state index in [1.165, 1.54) is 5.56 Å². The number of nitrogens with one attached hydrogen (secondary N) is 2. The quantitative estimate of drug-likeness (QED) is 0.719. The highest BCUT2D eigenvalue weighted by Gasteiger charge is 2.13. The Hall–Kier alpha value is -2.41. The highest BCUT2D eigenvalue weighted by molar-refractivity contribution is 5.90. The lowest BCUT2D eigenvalue weighted by molar-refractivity contribution is 0.134. The maximum atomic E-state index is 12.3. The van der Waals surface area contributed by atoms with Gasteiger partial charge in [0.15, 0.2) is 0 Å². The number of urea groups is 1. The first-order valence-electron chi connectivity index (χ1n) is 10.3. The van der Waals surface area contributed by atoms with Gasteiger partial charge in [0.25, 0.3) is 0 Å². The Bertz CT molecular complexity index is 771. The number of rotatable bonds is 8. The van der Waals surface area contributed by atoms with E-state index in [0.717, 1.165) is 49.5 Å². The molecular weight excluding hydrogens is 364 g/mol. The second-order valence-corrected chi connectivity index (χ2v) is 7.50. The smallest absolute Gasteiger partial charge is 0.319 e. The molecule has 6 nitrogen and oxygen atoms in total. The molecule has 2 aromatic carbocycles. The van der Waals surface area contributed by atoms with Crippen LogP contribution in [0.25, 0.3) is 0 Å². The third kappa shape index (κ3) is 6.85. The van der Waals surface area contributed by atoms with Crippen molar-refractivity contribution in [2.45, 2.75) is 26.6 Å². The van der Waals surface area contributed by atoms with E-state index in [2.05, 4.69) is 51.7 Å². The normalized spacial score (nSPS) is 15.2. The zero-order valence-corrected chi connectivity index (χ0v) is 17.5. The van der Waals surface area contributed by atoms with Crippen molar-refractivity contribution < 1.29 is 9.53 Å². The molecule has 1 saturated heterocycles. The molecule has 0 unspecified atom stereocenters. The minimum Gasteiger partial charge on any atom is -0.377 e. The molecule has 0 atom stereocenters. The van der Waals surface area contributed by atoms with Crippen LogP contribution in [0, 0.1) is 0 Å². The number of ether oxygens (including phenoxy) is 1. The van der Waals surface area contributed by atoms with Gasteiger partial charge in [-0.25, -0.2) is 4.79 Å². The van der Waals surface area contributed by atoms with Crippen LogP contribution in [0.3, 0.4) is 0 Å². The van der Waals surface area contributed by atoms with E-state index in [4.69, 9.17) is 4.74 Å². The molecule has 0 spiro atoms. The van der Waals surface area contributed by atoms with Gasteiger partial charge in [0, 0.05) is 57.1 Å². The summed E-state index contributed by atoms with van der Waals surface area (Å²) in [4.78, 5) is 17.1. The van der Waals surface area contributed by atoms with Gasteiger partial charge in [-0.05, 0) is 31.2 Å². The SMILES string of the molecule is CCOCc1ccccc1NC(=O)NCc1ccc(CN2CCN(C)CC2)cc1. The predicted octanol–water partition coefficient (Wildman–Crippen LogP) is 3.29. The number of piperazine rings is 1. The van der Waals surface area contributed by atoms with Gasteiger partial charge < -0.3 is 20.3 Å². The van der Waals surface area contributed by atoms with E-state index < -0.39 is 0 Å². The molecule has 2 aromatic rings. The van der Waals surface area contributed by atoms with Crippen LogP contribution < -0.4 is 10.6 Å². The molecule has 1 aliphatic heterocycles. The summed E-state index contributed by atoms with van der Waals surface area (Å²) >= 11 is 0. The number of carbonyl (C=O) groups excluding carboxylic acids is 1. The molecule has 2 N–H and O–H groups in total. The Morgan fingerprint density at radius 1 is 1.00 bits per heavy atom. The number of likely N-dealkylation sites (N-methyl/N-ethyl adjacent to an activating group) is 1. The van der Waals surface area contributed by atoms with Crippen LogP contribution in [0.5, 0.6) is 0 Å². The first-order valence-corrected chi connectivity index (χ1v) is 10.3. The second-order valence-electron chi connectivity index (χ2n) is 7.50. The van der Waals surface area contributed by atoms with Crippen LogP contribution in [-0.4, -0.2) is 55.7 Å². The Morgan fingerprint density at radius 3 is 2.41 bits per heavy atom. The van der Waals surface area contributed by atoms with Crippen molar-refractivity contribution in [3.63, 3.8) is 0 Å². The lowest BCUT2D eigenvalue weighted by Gasteiger charge is -2.32. The average Bonchev–Trinajstić information content (AvgIpc) is 2.74. The number of anilines is 1. The van der Waals surface area contributed by atoms with Crippen LogP contribution in [0.2, 0.25) is 0 Å². The summed E-state index contributed by atoms with van der Waals surface area (Å²) in [6, 6.07) is 16.0. The van der Waals surface area contributed by atoms with E-state index in [1.54, 1.807) is 0 Å². The van der Waals surface area contributed by atoms with Crippen molar-refractivity contribution >= 4 is 11.7 Å². The second kappa shape index (κ2) is 11.0. The summed E-state index contributed by atoms with van der Waals surface area (Å²) in [5.74, 6) is 0. The van der Waals surface area contributed by atoms with Gasteiger partial charge in [-0.2, -0.15) is 0 Å². The van der Waals surface area contributed by atoms with Gasteiger partial charge in [-0.15, -0.1) is 0 Å². The maximum absolute atomic E-state index is 12.3. The largest absolute Gasteiger partial charge is 0.377 e. The summed E-state index contributed by atoms with van der Waals surface area (Å²) in [5.41, 5.74) is 4.15. The van der Waals surface area contributed by atoms with Crippen molar-refractivity contribution in [2.75, 3.05) is 45.2 Å². The molecule has 6 heteroatoms. The maximum Gasteiger partial charge on any atom is 0.319 e. The zero-order valence-electron chi connectivity index (χ0n) is 17.5. The molecular formula is C23H32N4O2. The van der Waals surface area contributed by atoms with Gasteiger partial charge in [-0.3, -0.25) is 4.90 Å². The number of nitrogens with zero attached hydrogens (tertiary/aromatic N) is 2. The van der Waals surface area contributed by atoms with Gasteiger partial charge in [0.2, 0.25) is 0 Å². The molecule has 1 heterocycles. The zero-order chi connectivity index (χ0) is 20.5. The Morgan fingerprint density at radius 2 is 1.69 bits per heavy atom. The van der Waals surface area contributed by atoms with Gasteiger partial charge in [-0.1, -0.05) is 42.5 Å². The minimum atomic E-state index is -0.213. The Balaban J connectivity index is 1.46. The molecule has 0 aliphatic carbocycles. The van der Waals surface area contributed by atoms with Crippen molar-refractivity contribution in [1.82, 2.24) is 15.1 Å². The number of amides is 2. The van der Waals surface area contributed by atoms with Gasteiger partial charge >= 0.3 is 6.03 Å². The lowest BCUT2D eigenvalue weighted by Crippen LogP contribution is -2.43. The minimum absolute atomic E-state index is 0.213. The van der Waals surface area contributed by atoms with E-state index in [9.17, 15) is 4.79 Å². The molecule has 1 aliphatic rings. The molecule has 0 radical (unpaired) electrons. The number of benzene rings is 2.